The van der Waals surface area contributed by atoms with Crippen LogP contribution in [0.2, 0.25) is 0 Å². The summed E-state index contributed by atoms with van der Waals surface area (Å²) in [6.07, 6.45) is 6.08. The second-order valence-corrected chi connectivity index (χ2v) is 6.15. The SMILES string of the molecule is CC(C)(C)n1ncc(CC(C)(C)n2cnnc2)n1. The molecule has 0 aliphatic rings. The van der Waals surface area contributed by atoms with Gasteiger partial charge in [0.25, 0.3) is 0 Å². The first-order valence-corrected chi connectivity index (χ1v) is 6.06. The van der Waals surface area contributed by atoms with E-state index < -0.39 is 0 Å². The molecule has 0 unspecified atom stereocenters. The molecule has 0 saturated carbocycles. The van der Waals surface area contributed by atoms with E-state index in [-0.39, 0.29) is 11.1 Å². The van der Waals surface area contributed by atoms with Crippen molar-refractivity contribution in [2.75, 3.05) is 0 Å². The minimum Gasteiger partial charge on any atom is -0.314 e. The summed E-state index contributed by atoms with van der Waals surface area (Å²) in [4.78, 5) is 1.75. The van der Waals surface area contributed by atoms with Crippen LogP contribution in [0.3, 0.4) is 0 Å². The third-order valence-electron chi connectivity index (χ3n) is 2.87. The Balaban J connectivity index is 2.17. The number of aromatic nitrogens is 6. The van der Waals surface area contributed by atoms with Crippen LogP contribution < -0.4 is 0 Å². The fourth-order valence-electron chi connectivity index (χ4n) is 1.75. The normalized spacial score (nSPS) is 12.9. The lowest BCUT2D eigenvalue weighted by atomic mass is 9.99. The maximum absolute atomic E-state index is 4.53. The minimum atomic E-state index is -0.109. The number of nitrogens with zero attached hydrogens (tertiary/aromatic N) is 6. The first kappa shape index (κ1) is 12.7. The molecule has 0 N–H and O–H groups in total. The zero-order valence-electron chi connectivity index (χ0n) is 11.6. The number of hydrogen-bond acceptors (Lipinski definition) is 4. The Morgan fingerprint density at radius 3 is 2.17 bits per heavy atom. The van der Waals surface area contributed by atoms with E-state index in [1.165, 1.54) is 0 Å². The molecule has 0 amide bonds. The molecule has 6 heteroatoms. The van der Waals surface area contributed by atoms with Crippen LogP contribution in [0.25, 0.3) is 0 Å². The predicted molar refractivity (Wildman–Crippen MR) is 68.1 cm³/mol. The van der Waals surface area contributed by atoms with E-state index in [9.17, 15) is 0 Å². The molecule has 98 valence electrons. The van der Waals surface area contributed by atoms with Crippen molar-refractivity contribution < 1.29 is 0 Å². The van der Waals surface area contributed by atoms with Gasteiger partial charge in [0.2, 0.25) is 0 Å². The van der Waals surface area contributed by atoms with Gasteiger partial charge in [0.1, 0.15) is 12.7 Å². The standard InChI is InChI=1S/C12H20N6/c1-11(2,3)18-15-7-10(16-18)6-12(4,5)17-8-13-14-9-17/h7-9H,6H2,1-5H3. The lowest BCUT2D eigenvalue weighted by molar-refractivity contribution is 0.304. The van der Waals surface area contributed by atoms with Gasteiger partial charge in [-0.3, -0.25) is 0 Å². The largest absolute Gasteiger partial charge is 0.314 e. The van der Waals surface area contributed by atoms with Crippen LogP contribution in [0, 0.1) is 0 Å². The lowest BCUT2D eigenvalue weighted by Crippen LogP contribution is -2.29. The van der Waals surface area contributed by atoms with Gasteiger partial charge in [-0.1, -0.05) is 0 Å². The maximum atomic E-state index is 4.53. The summed E-state index contributed by atoms with van der Waals surface area (Å²) in [5.74, 6) is 0. The first-order chi connectivity index (χ1) is 8.29. The molecule has 0 atom stereocenters. The average molecular weight is 248 g/mol. The van der Waals surface area contributed by atoms with Crippen molar-refractivity contribution in [3.05, 3.63) is 24.5 Å². The smallest absolute Gasteiger partial charge is 0.119 e. The Morgan fingerprint density at radius 1 is 1.06 bits per heavy atom. The average Bonchev–Trinajstić information content (AvgIpc) is 2.83. The van der Waals surface area contributed by atoms with Gasteiger partial charge in [-0.2, -0.15) is 15.0 Å². The molecule has 2 aromatic heterocycles. The Kier molecular flexibility index (Phi) is 2.96. The van der Waals surface area contributed by atoms with Crippen LogP contribution in [-0.2, 0) is 17.5 Å². The maximum Gasteiger partial charge on any atom is 0.119 e. The van der Waals surface area contributed by atoms with E-state index >= 15 is 0 Å². The van der Waals surface area contributed by atoms with Gasteiger partial charge in [-0.05, 0) is 34.6 Å². The van der Waals surface area contributed by atoms with E-state index in [1.54, 1.807) is 17.5 Å². The molecule has 0 aliphatic heterocycles. The molecule has 0 saturated heterocycles. The Morgan fingerprint density at radius 2 is 1.67 bits per heavy atom. The molecular formula is C12H20N6. The molecule has 0 bridgehead atoms. The van der Waals surface area contributed by atoms with E-state index in [2.05, 4.69) is 55.0 Å². The summed E-state index contributed by atoms with van der Waals surface area (Å²) in [5, 5.41) is 16.5. The van der Waals surface area contributed by atoms with Crippen LogP contribution in [0.5, 0.6) is 0 Å². The fourth-order valence-corrected chi connectivity index (χ4v) is 1.75. The third-order valence-corrected chi connectivity index (χ3v) is 2.87. The van der Waals surface area contributed by atoms with E-state index in [4.69, 9.17) is 0 Å². The zero-order valence-corrected chi connectivity index (χ0v) is 11.6. The molecule has 2 rings (SSSR count). The number of rotatable bonds is 3. The molecule has 0 spiro atoms. The highest BCUT2D eigenvalue weighted by molar-refractivity contribution is 4.99. The van der Waals surface area contributed by atoms with Crippen molar-refractivity contribution in [3.8, 4) is 0 Å². The molecule has 2 heterocycles. The second kappa shape index (κ2) is 4.19. The second-order valence-electron chi connectivity index (χ2n) is 6.15. The van der Waals surface area contributed by atoms with Crippen molar-refractivity contribution in [2.45, 2.75) is 52.1 Å². The Bertz CT molecular complexity index is 503. The van der Waals surface area contributed by atoms with Gasteiger partial charge in [-0.25, -0.2) is 0 Å². The fraction of sp³-hybridized carbons (Fsp3) is 0.667. The summed E-state index contributed by atoms with van der Waals surface area (Å²) < 4.78 is 1.99. The van der Waals surface area contributed by atoms with Gasteiger partial charge < -0.3 is 4.57 Å². The molecule has 2 aromatic rings. The predicted octanol–water partition coefficient (Wildman–Crippen LogP) is 1.60. The summed E-state index contributed by atoms with van der Waals surface area (Å²) >= 11 is 0. The molecule has 18 heavy (non-hydrogen) atoms. The Hall–Kier alpha value is -1.72. The summed E-state index contributed by atoms with van der Waals surface area (Å²) in [6.45, 7) is 10.5. The van der Waals surface area contributed by atoms with E-state index in [1.807, 2.05) is 10.8 Å². The van der Waals surface area contributed by atoms with Crippen LogP contribution in [0.15, 0.2) is 18.9 Å². The quantitative estimate of drug-likeness (QED) is 0.827. The zero-order chi connectivity index (χ0) is 13.4. The van der Waals surface area contributed by atoms with Crippen molar-refractivity contribution in [1.82, 2.24) is 29.8 Å². The molecule has 0 fully saturated rings. The highest BCUT2D eigenvalue weighted by atomic mass is 15.5. The monoisotopic (exact) mass is 248 g/mol. The lowest BCUT2D eigenvalue weighted by Gasteiger charge is -2.24. The molecular weight excluding hydrogens is 228 g/mol. The van der Waals surface area contributed by atoms with Gasteiger partial charge >= 0.3 is 0 Å². The summed E-state index contributed by atoms with van der Waals surface area (Å²) in [5.41, 5.74) is 0.782. The van der Waals surface area contributed by atoms with Crippen LogP contribution >= 0.6 is 0 Å². The van der Waals surface area contributed by atoms with E-state index in [0.29, 0.717) is 0 Å². The molecule has 6 nitrogen and oxygen atoms in total. The molecule has 0 aliphatic carbocycles. The highest BCUT2D eigenvalue weighted by Crippen LogP contribution is 2.20. The Labute approximate surface area is 107 Å². The van der Waals surface area contributed by atoms with Gasteiger partial charge in [0, 0.05) is 12.0 Å². The van der Waals surface area contributed by atoms with Gasteiger partial charge in [0.05, 0.1) is 17.4 Å². The number of hydrogen-bond donors (Lipinski definition) is 0. The van der Waals surface area contributed by atoms with Crippen molar-refractivity contribution in [3.63, 3.8) is 0 Å². The van der Waals surface area contributed by atoms with Crippen LogP contribution in [-0.4, -0.2) is 29.8 Å². The van der Waals surface area contributed by atoms with Crippen LogP contribution in [0.1, 0.15) is 40.3 Å². The molecule has 0 aromatic carbocycles. The molecule has 0 radical (unpaired) electrons. The highest BCUT2D eigenvalue weighted by Gasteiger charge is 2.23. The van der Waals surface area contributed by atoms with Crippen molar-refractivity contribution >= 4 is 0 Å². The van der Waals surface area contributed by atoms with Gasteiger partial charge in [0.15, 0.2) is 0 Å². The van der Waals surface area contributed by atoms with E-state index in [0.717, 1.165) is 12.1 Å². The van der Waals surface area contributed by atoms with Gasteiger partial charge in [-0.15, -0.1) is 10.2 Å². The third kappa shape index (κ3) is 2.57. The minimum absolute atomic E-state index is 0.0844. The van der Waals surface area contributed by atoms with Crippen molar-refractivity contribution in [2.24, 2.45) is 0 Å². The topological polar surface area (TPSA) is 61.4 Å². The first-order valence-electron chi connectivity index (χ1n) is 6.06. The van der Waals surface area contributed by atoms with Crippen LogP contribution in [0.4, 0.5) is 0 Å². The summed E-state index contributed by atoms with van der Waals surface area (Å²) in [6, 6.07) is 0. The summed E-state index contributed by atoms with van der Waals surface area (Å²) in [7, 11) is 0. The van der Waals surface area contributed by atoms with Crippen molar-refractivity contribution in [1.29, 1.82) is 0 Å².